The molecule has 31 heavy (non-hydrogen) atoms. The lowest BCUT2D eigenvalue weighted by molar-refractivity contribution is -0.120. The number of nitrogens with zero attached hydrogens (tertiary/aromatic N) is 2. The average Bonchev–Trinajstić information content (AvgIpc) is 3.00. The van der Waals surface area contributed by atoms with Crippen molar-refractivity contribution in [1.82, 2.24) is 0 Å². The fourth-order valence-corrected chi connectivity index (χ4v) is 4.29. The third-order valence-electron chi connectivity index (χ3n) is 5.17. The van der Waals surface area contributed by atoms with E-state index in [1.807, 2.05) is 67.3 Å². The number of hydrogen-bond donors (Lipinski definition) is 0. The number of rotatable bonds is 5. The number of imide groups is 1. The zero-order valence-electron chi connectivity index (χ0n) is 17.1. The van der Waals surface area contributed by atoms with Gasteiger partial charge in [0.2, 0.25) is 0 Å². The summed E-state index contributed by atoms with van der Waals surface area (Å²) in [6.07, 6.45) is 0. The van der Waals surface area contributed by atoms with Crippen LogP contribution in [-0.4, -0.2) is 18.4 Å². The fourth-order valence-electron chi connectivity index (χ4n) is 3.78. The number of halogens is 2. The van der Waals surface area contributed by atoms with Crippen LogP contribution in [-0.2, 0) is 9.59 Å². The van der Waals surface area contributed by atoms with Crippen LogP contribution in [0.3, 0.4) is 0 Å². The summed E-state index contributed by atoms with van der Waals surface area (Å²) in [6, 6.07) is 21.8. The SMILES string of the molecule is CCN(C1=C(c2ccc(Cl)cc2Cl)C(=O)N(c2cccc(C)c2)C1=O)c1ccccc1. The Kier molecular flexibility index (Phi) is 5.86. The maximum absolute atomic E-state index is 13.7. The second-order valence-electron chi connectivity index (χ2n) is 7.21. The van der Waals surface area contributed by atoms with Gasteiger partial charge in [-0.15, -0.1) is 0 Å². The molecule has 0 fully saturated rings. The molecule has 0 aromatic heterocycles. The van der Waals surface area contributed by atoms with Gasteiger partial charge in [0.15, 0.2) is 0 Å². The molecule has 4 nitrogen and oxygen atoms in total. The molecule has 1 aliphatic rings. The van der Waals surface area contributed by atoms with E-state index < -0.39 is 5.91 Å². The summed E-state index contributed by atoms with van der Waals surface area (Å²) in [5, 5.41) is 0.773. The predicted octanol–water partition coefficient (Wildman–Crippen LogP) is 6.11. The first kappa shape index (κ1) is 21.2. The number of aryl methyl sites for hydroxylation is 1. The largest absolute Gasteiger partial charge is 0.337 e. The Hall–Kier alpha value is -3.08. The lowest BCUT2D eigenvalue weighted by Gasteiger charge is -2.25. The molecule has 0 N–H and O–H groups in total. The molecule has 4 rings (SSSR count). The Morgan fingerprint density at radius 3 is 2.26 bits per heavy atom. The van der Waals surface area contributed by atoms with Crippen LogP contribution in [0.5, 0.6) is 0 Å². The third-order valence-corrected chi connectivity index (χ3v) is 5.72. The molecular weight excluding hydrogens is 431 g/mol. The van der Waals surface area contributed by atoms with E-state index in [1.54, 1.807) is 24.3 Å². The lowest BCUT2D eigenvalue weighted by Crippen LogP contribution is -2.35. The van der Waals surface area contributed by atoms with E-state index in [2.05, 4.69) is 0 Å². The van der Waals surface area contributed by atoms with Crippen LogP contribution in [0.1, 0.15) is 18.1 Å². The monoisotopic (exact) mass is 450 g/mol. The molecule has 0 unspecified atom stereocenters. The van der Waals surface area contributed by atoms with Crippen molar-refractivity contribution in [3.8, 4) is 0 Å². The second kappa shape index (κ2) is 8.58. The highest BCUT2D eigenvalue weighted by Crippen LogP contribution is 2.39. The minimum absolute atomic E-state index is 0.263. The van der Waals surface area contributed by atoms with E-state index in [9.17, 15) is 9.59 Å². The van der Waals surface area contributed by atoms with Crippen LogP contribution < -0.4 is 9.80 Å². The van der Waals surface area contributed by atoms with Crippen molar-refractivity contribution < 1.29 is 9.59 Å². The third kappa shape index (κ3) is 3.85. The van der Waals surface area contributed by atoms with Gasteiger partial charge in [0.1, 0.15) is 5.70 Å². The van der Waals surface area contributed by atoms with E-state index in [-0.39, 0.29) is 11.5 Å². The molecule has 0 aliphatic carbocycles. The van der Waals surface area contributed by atoms with Gasteiger partial charge in [-0.1, -0.05) is 59.6 Å². The number of para-hydroxylation sites is 1. The molecule has 2 amide bonds. The summed E-state index contributed by atoms with van der Waals surface area (Å²) in [6.45, 7) is 4.35. The minimum atomic E-state index is -0.413. The van der Waals surface area contributed by atoms with Crippen molar-refractivity contribution in [2.45, 2.75) is 13.8 Å². The summed E-state index contributed by atoms with van der Waals surface area (Å²) < 4.78 is 0. The van der Waals surface area contributed by atoms with Gasteiger partial charge >= 0.3 is 0 Å². The molecule has 6 heteroatoms. The Bertz CT molecular complexity index is 1210. The zero-order valence-corrected chi connectivity index (χ0v) is 18.6. The lowest BCUT2D eigenvalue weighted by atomic mass is 10.0. The standard InChI is InChI=1S/C25H20Cl2N2O2/c1-3-28(18-9-5-4-6-10-18)23-22(20-13-12-17(26)15-21(20)27)24(30)29(25(23)31)19-11-7-8-16(2)14-19/h4-15H,3H2,1-2H3. The van der Waals surface area contributed by atoms with Crippen molar-refractivity contribution >= 4 is 52.0 Å². The van der Waals surface area contributed by atoms with Crippen molar-refractivity contribution in [3.05, 3.63) is 99.7 Å². The topological polar surface area (TPSA) is 40.6 Å². The average molecular weight is 451 g/mol. The highest BCUT2D eigenvalue weighted by Gasteiger charge is 2.43. The van der Waals surface area contributed by atoms with Crippen molar-refractivity contribution in [2.75, 3.05) is 16.3 Å². The summed E-state index contributed by atoms with van der Waals surface area (Å²) >= 11 is 12.6. The predicted molar refractivity (Wildman–Crippen MR) is 127 cm³/mol. The normalized spacial score (nSPS) is 13.9. The van der Waals surface area contributed by atoms with Crippen LogP contribution in [0.25, 0.3) is 5.57 Å². The van der Waals surface area contributed by atoms with Crippen LogP contribution in [0, 0.1) is 6.92 Å². The van der Waals surface area contributed by atoms with Gasteiger partial charge in [0.25, 0.3) is 11.8 Å². The quantitative estimate of drug-likeness (QED) is 0.440. The van der Waals surface area contributed by atoms with E-state index >= 15 is 0 Å². The first-order valence-corrected chi connectivity index (χ1v) is 10.7. The van der Waals surface area contributed by atoms with E-state index in [1.165, 1.54) is 4.90 Å². The molecule has 156 valence electrons. The van der Waals surface area contributed by atoms with E-state index in [4.69, 9.17) is 23.2 Å². The molecule has 0 saturated carbocycles. The molecule has 1 aliphatic heterocycles. The van der Waals surface area contributed by atoms with Gasteiger partial charge in [-0.3, -0.25) is 9.59 Å². The van der Waals surface area contributed by atoms with Crippen LogP contribution in [0.15, 0.2) is 78.5 Å². The van der Waals surface area contributed by atoms with Gasteiger partial charge in [-0.2, -0.15) is 0 Å². The summed E-state index contributed by atoms with van der Waals surface area (Å²) in [5.41, 5.74) is 3.33. The second-order valence-corrected chi connectivity index (χ2v) is 8.06. The van der Waals surface area contributed by atoms with Gasteiger partial charge in [0, 0.05) is 22.8 Å². The molecule has 3 aromatic rings. The van der Waals surface area contributed by atoms with Crippen molar-refractivity contribution in [1.29, 1.82) is 0 Å². The highest BCUT2D eigenvalue weighted by molar-refractivity contribution is 6.48. The number of amides is 2. The van der Waals surface area contributed by atoms with Gasteiger partial charge in [-0.25, -0.2) is 4.90 Å². The van der Waals surface area contributed by atoms with Crippen LogP contribution >= 0.6 is 23.2 Å². The molecule has 0 atom stereocenters. The summed E-state index contributed by atoms with van der Waals surface area (Å²) in [5.74, 6) is -0.800. The Morgan fingerprint density at radius 2 is 1.61 bits per heavy atom. The summed E-state index contributed by atoms with van der Waals surface area (Å²) in [7, 11) is 0. The van der Waals surface area contributed by atoms with Gasteiger partial charge < -0.3 is 4.90 Å². The Balaban J connectivity index is 1.95. The number of carbonyl (C=O) groups excluding carboxylic acids is 2. The molecular formula is C25H20Cl2N2O2. The van der Waals surface area contributed by atoms with Crippen molar-refractivity contribution in [3.63, 3.8) is 0 Å². The maximum atomic E-state index is 13.7. The Labute approximate surface area is 191 Å². The number of hydrogen-bond acceptors (Lipinski definition) is 3. The number of carbonyl (C=O) groups is 2. The fraction of sp³-hybridized carbons (Fsp3) is 0.120. The molecule has 1 heterocycles. The molecule has 0 bridgehead atoms. The molecule has 0 radical (unpaired) electrons. The van der Waals surface area contributed by atoms with Gasteiger partial charge in [-0.05, 0) is 55.8 Å². The van der Waals surface area contributed by atoms with Crippen LogP contribution in [0.2, 0.25) is 10.0 Å². The highest BCUT2D eigenvalue weighted by atomic mass is 35.5. The molecule has 0 spiro atoms. The first-order chi connectivity index (χ1) is 14.9. The van der Waals surface area contributed by atoms with Gasteiger partial charge in [0.05, 0.1) is 16.3 Å². The van der Waals surface area contributed by atoms with E-state index in [0.717, 1.165) is 11.3 Å². The number of likely N-dealkylation sites (N-methyl/N-ethyl adjacent to an activating group) is 1. The molecule has 3 aromatic carbocycles. The minimum Gasteiger partial charge on any atom is -0.337 e. The Morgan fingerprint density at radius 1 is 0.871 bits per heavy atom. The first-order valence-electron chi connectivity index (χ1n) is 9.90. The van der Waals surface area contributed by atoms with E-state index in [0.29, 0.717) is 33.5 Å². The molecule has 0 saturated heterocycles. The summed E-state index contributed by atoms with van der Waals surface area (Å²) in [4.78, 5) is 30.4. The number of anilines is 2. The maximum Gasteiger partial charge on any atom is 0.282 e. The van der Waals surface area contributed by atoms with Crippen LogP contribution in [0.4, 0.5) is 11.4 Å². The zero-order chi connectivity index (χ0) is 22.1. The smallest absolute Gasteiger partial charge is 0.282 e. The van der Waals surface area contributed by atoms with Crippen molar-refractivity contribution in [2.24, 2.45) is 0 Å². The number of benzene rings is 3.